The molecular weight excluding hydrogens is 426 g/mol. The molecule has 0 saturated heterocycles. The largest absolute Gasteiger partial charge is 0.456 e. The molecule has 2 heterocycles. The van der Waals surface area contributed by atoms with Crippen LogP contribution in [0.5, 0.6) is 11.5 Å². The molecule has 0 bridgehead atoms. The molecule has 0 unspecified atom stereocenters. The Morgan fingerprint density at radius 3 is 2.38 bits per heavy atom. The van der Waals surface area contributed by atoms with Crippen LogP contribution in [-0.4, -0.2) is 12.7 Å². The van der Waals surface area contributed by atoms with Crippen LogP contribution < -0.4 is 14.8 Å². The molecule has 1 aliphatic heterocycles. The van der Waals surface area contributed by atoms with Gasteiger partial charge in [-0.2, -0.15) is 0 Å². The molecular formula is C29H33NO4. The molecule has 178 valence electrons. The standard InChI is InChI=1S/C29H33NO4/c1-18-12-22-23(29(4,5)11-10-28(22,2)3)15-20(18)14-21-7-9-25(34-21)27(31)30-16-19-6-8-24-26(13-19)33-17-32-24/h6-9,12-13,15H,10-11,14,16-17H2,1-5H3,(H,30,31). The summed E-state index contributed by atoms with van der Waals surface area (Å²) in [6.07, 6.45) is 3.06. The molecule has 2 aromatic carbocycles. The molecule has 1 aromatic heterocycles. The number of ether oxygens (including phenoxy) is 2. The molecule has 0 atom stereocenters. The van der Waals surface area contributed by atoms with Crippen LogP contribution in [0.1, 0.15) is 84.7 Å². The molecule has 5 nitrogen and oxygen atoms in total. The number of benzene rings is 2. The lowest BCUT2D eigenvalue weighted by atomic mass is 9.62. The highest BCUT2D eigenvalue weighted by Crippen LogP contribution is 2.46. The first-order valence-corrected chi connectivity index (χ1v) is 12.0. The van der Waals surface area contributed by atoms with Gasteiger partial charge in [0.05, 0.1) is 0 Å². The van der Waals surface area contributed by atoms with E-state index in [4.69, 9.17) is 13.9 Å². The van der Waals surface area contributed by atoms with E-state index in [2.05, 4.69) is 52.1 Å². The second-order valence-corrected chi connectivity index (χ2v) is 10.9. The fourth-order valence-electron chi connectivity index (χ4n) is 5.06. The molecule has 0 fully saturated rings. The number of carbonyl (C=O) groups is 1. The average Bonchev–Trinajstić information content (AvgIpc) is 3.45. The molecule has 5 rings (SSSR count). The Morgan fingerprint density at radius 1 is 0.912 bits per heavy atom. The minimum atomic E-state index is -0.228. The Bertz CT molecular complexity index is 1250. The summed E-state index contributed by atoms with van der Waals surface area (Å²) < 4.78 is 16.7. The molecule has 3 aromatic rings. The predicted molar refractivity (Wildman–Crippen MR) is 132 cm³/mol. The van der Waals surface area contributed by atoms with Crippen molar-refractivity contribution in [1.29, 1.82) is 0 Å². The van der Waals surface area contributed by atoms with Crippen molar-refractivity contribution >= 4 is 5.91 Å². The zero-order chi connectivity index (χ0) is 24.1. The summed E-state index contributed by atoms with van der Waals surface area (Å²) in [7, 11) is 0. The Balaban J connectivity index is 1.29. The van der Waals surface area contributed by atoms with Gasteiger partial charge in [-0.15, -0.1) is 0 Å². The smallest absolute Gasteiger partial charge is 0.287 e. The summed E-state index contributed by atoms with van der Waals surface area (Å²) in [5.41, 5.74) is 6.74. The van der Waals surface area contributed by atoms with Crippen molar-refractivity contribution in [2.75, 3.05) is 6.79 Å². The van der Waals surface area contributed by atoms with Crippen LogP contribution in [0.2, 0.25) is 0 Å². The zero-order valence-corrected chi connectivity index (χ0v) is 20.7. The van der Waals surface area contributed by atoms with Crippen LogP contribution in [0.15, 0.2) is 46.9 Å². The number of carbonyl (C=O) groups excluding carboxylic acids is 1. The second kappa shape index (κ2) is 8.23. The van der Waals surface area contributed by atoms with Gasteiger partial charge in [-0.25, -0.2) is 0 Å². The van der Waals surface area contributed by atoms with E-state index in [1.54, 1.807) is 6.07 Å². The summed E-state index contributed by atoms with van der Waals surface area (Å²) in [5, 5.41) is 2.93. The van der Waals surface area contributed by atoms with Crippen LogP contribution in [-0.2, 0) is 23.8 Å². The number of hydrogen-bond donors (Lipinski definition) is 1. The van der Waals surface area contributed by atoms with Crippen molar-refractivity contribution in [3.05, 3.63) is 81.8 Å². The van der Waals surface area contributed by atoms with Crippen LogP contribution in [0.4, 0.5) is 0 Å². The van der Waals surface area contributed by atoms with E-state index in [1.165, 1.54) is 35.1 Å². The molecule has 0 spiro atoms. The van der Waals surface area contributed by atoms with Gasteiger partial charge in [-0.05, 0) is 82.7 Å². The first-order chi connectivity index (χ1) is 16.1. The van der Waals surface area contributed by atoms with Crippen LogP contribution in [0.3, 0.4) is 0 Å². The Hall–Kier alpha value is -3.21. The minimum absolute atomic E-state index is 0.163. The third-order valence-corrected chi connectivity index (χ3v) is 7.45. The van der Waals surface area contributed by atoms with E-state index in [0.29, 0.717) is 24.5 Å². The maximum atomic E-state index is 12.7. The van der Waals surface area contributed by atoms with Gasteiger partial charge in [0.1, 0.15) is 5.76 Å². The number of amides is 1. The summed E-state index contributed by atoms with van der Waals surface area (Å²) >= 11 is 0. The van der Waals surface area contributed by atoms with Gasteiger partial charge in [0.25, 0.3) is 5.91 Å². The van der Waals surface area contributed by atoms with Gasteiger partial charge in [0.15, 0.2) is 17.3 Å². The van der Waals surface area contributed by atoms with Gasteiger partial charge < -0.3 is 19.2 Å². The fourth-order valence-corrected chi connectivity index (χ4v) is 5.06. The number of rotatable bonds is 5. The first kappa shape index (κ1) is 22.6. The van der Waals surface area contributed by atoms with Crippen LogP contribution in [0.25, 0.3) is 0 Å². The van der Waals surface area contributed by atoms with Crippen LogP contribution >= 0.6 is 0 Å². The van der Waals surface area contributed by atoms with E-state index in [9.17, 15) is 4.79 Å². The Kier molecular flexibility index (Phi) is 5.46. The number of aryl methyl sites for hydroxylation is 1. The highest BCUT2D eigenvalue weighted by molar-refractivity contribution is 5.91. The first-order valence-electron chi connectivity index (χ1n) is 12.0. The summed E-state index contributed by atoms with van der Waals surface area (Å²) in [6, 6.07) is 14.1. The molecule has 2 aliphatic rings. The summed E-state index contributed by atoms with van der Waals surface area (Å²) in [5.74, 6) is 2.33. The van der Waals surface area contributed by atoms with E-state index in [0.717, 1.165) is 17.1 Å². The Morgan fingerprint density at radius 2 is 1.62 bits per heavy atom. The monoisotopic (exact) mass is 459 g/mol. The molecule has 5 heteroatoms. The third-order valence-electron chi connectivity index (χ3n) is 7.45. The van der Waals surface area contributed by atoms with Crippen molar-refractivity contribution < 1.29 is 18.7 Å². The van der Waals surface area contributed by atoms with Crippen molar-refractivity contribution in [3.63, 3.8) is 0 Å². The second-order valence-electron chi connectivity index (χ2n) is 10.9. The highest BCUT2D eigenvalue weighted by Gasteiger charge is 2.37. The number of furan rings is 1. The van der Waals surface area contributed by atoms with E-state index in [1.807, 2.05) is 24.3 Å². The van der Waals surface area contributed by atoms with E-state index < -0.39 is 0 Å². The maximum absolute atomic E-state index is 12.7. The summed E-state index contributed by atoms with van der Waals surface area (Å²) in [6.45, 7) is 12.2. The summed E-state index contributed by atoms with van der Waals surface area (Å²) in [4.78, 5) is 12.7. The Labute approximate surface area is 201 Å². The van der Waals surface area contributed by atoms with Gasteiger partial charge in [0.2, 0.25) is 6.79 Å². The SMILES string of the molecule is Cc1cc2c(cc1Cc1ccc(C(=O)NCc3ccc4c(c3)OCO4)o1)C(C)(C)CCC2(C)C. The van der Waals surface area contributed by atoms with Crippen molar-refractivity contribution in [2.24, 2.45) is 0 Å². The van der Waals surface area contributed by atoms with Gasteiger partial charge in [-0.3, -0.25) is 4.79 Å². The lowest BCUT2D eigenvalue weighted by Gasteiger charge is -2.42. The molecule has 0 radical (unpaired) electrons. The van der Waals surface area contributed by atoms with Crippen molar-refractivity contribution in [3.8, 4) is 11.5 Å². The lowest BCUT2D eigenvalue weighted by Crippen LogP contribution is -2.34. The number of nitrogens with one attached hydrogen (secondary N) is 1. The van der Waals surface area contributed by atoms with E-state index >= 15 is 0 Å². The van der Waals surface area contributed by atoms with Gasteiger partial charge in [-0.1, -0.05) is 45.9 Å². The normalized spacial score (nSPS) is 17.3. The molecule has 34 heavy (non-hydrogen) atoms. The highest BCUT2D eigenvalue weighted by atomic mass is 16.7. The van der Waals surface area contributed by atoms with Gasteiger partial charge in [0, 0.05) is 13.0 Å². The fraction of sp³-hybridized carbons (Fsp3) is 0.414. The molecule has 1 amide bonds. The van der Waals surface area contributed by atoms with Crippen molar-refractivity contribution in [2.45, 2.75) is 71.3 Å². The van der Waals surface area contributed by atoms with Crippen molar-refractivity contribution in [1.82, 2.24) is 5.32 Å². The number of hydrogen-bond acceptors (Lipinski definition) is 4. The molecule has 1 N–H and O–H groups in total. The predicted octanol–water partition coefficient (Wildman–Crippen LogP) is 6.19. The van der Waals surface area contributed by atoms with Crippen LogP contribution in [0, 0.1) is 6.92 Å². The molecule has 0 saturated carbocycles. The maximum Gasteiger partial charge on any atom is 0.287 e. The number of fused-ring (bicyclic) bond motifs is 2. The topological polar surface area (TPSA) is 60.7 Å². The quantitative estimate of drug-likeness (QED) is 0.494. The van der Waals surface area contributed by atoms with E-state index in [-0.39, 0.29) is 23.5 Å². The average molecular weight is 460 g/mol. The zero-order valence-electron chi connectivity index (χ0n) is 20.7. The molecule has 1 aliphatic carbocycles. The van der Waals surface area contributed by atoms with Gasteiger partial charge >= 0.3 is 0 Å². The third kappa shape index (κ3) is 4.20. The lowest BCUT2D eigenvalue weighted by molar-refractivity contribution is 0.0921. The minimum Gasteiger partial charge on any atom is -0.456 e.